The molecule has 1 aromatic heterocycles. The summed E-state index contributed by atoms with van der Waals surface area (Å²) in [6.45, 7) is 4.28. The lowest BCUT2D eigenvalue weighted by molar-refractivity contribution is 0.0517. The standard InChI is InChI=1S/C12H19N3O2/c1-3-17-12(16)11-10(13-15-14-11)8(2)9-6-4-5-7-9/h8-9H,3-7H2,1-2H3,(H,13,14,15). The zero-order valence-electron chi connectivity index (χ0n) is 10.4. The van der Waals surface area contributed by atoms with Crippen LogP contribution in [0.4, 0.5) is 0 Å². The number of H-pyrrole nitrogens is 1. The molecule has 1 saturated carbocycles. The Morgan fingerprint density at radius 2 is 2.18 bits per heavy atom. The minimum Gasteiger partial charge on any atom is -0.461 e. The highest BCUT2D eigenvalue weighted by molar-refractivity contribution is 5.88. The predicted octanol–water partition coefficient (Wildman–Crippen LogP) is 2.28. The lowest BCUT2D eigenvalue weighted by Crippen LogP contribution is -2.13. The Kier molecular flexibility index (Phi) is 3.76. The number of ether oxygens (including phenoxy) is 1. The molecule has 5 heteroatoms. The highest BCUT2D eigenvalue weighted by Gasteiger charge is 2.29. The van der Waals surface area contributed by atoms with Crippen LogP contribution in [-0.4, -0.2) is 28.0 Å². The quantitative estimate of drug-likeness (QED) is 0.816. The second-order valence-corrected chi connectivity index (χ2v) is 4.61. The average Bonchev–Trinajstić information content (AvgIpc) is 3.00. The second kappa shape index (κ2) is 5.29. The Morgan fingerprint density at radius 1 is 1.47 bits per heavy atom. The first-order valence-corrected chi connectivity index (χ1v) is 6.31. The van der Waals surface area contributed by atoms with E-state index in [9.17, 15) is 4.79 Å². The number of nitrogens with zero attached hydrogens (tertiary/aromatic N) is 2. The van der Waals surface area contributed by atoms with Gasteiger partial charge in [-0.1, -0.05) is 19.8 Å². The molecule has 1 fully saturated rings. The highest BCUT2D eigenvalue weighted by atomic mass is 16.5. The summed E-state index contributed by atoms with van der Waals surface area (Å²) in [7, 11) is 0. The summed E-state index contributed by atoms with van der Waals surface area (Å²) in [5.41, 5.74) is 1.11. The molecule has 1 N–H and O–H groups in total. The topological polar surface area (TPSA) is 67.9 Å². The number of hydrogen-bond donors (Lipinski definition) is 1. The summed E-state index contributed by atoms with van der Waals surface area (Å²) in [5, 5.41) is 10.6. The van der Waals surface area contributed by atoms with Crippen LogP contribution >= 0.6 is 0 Å². The molecule has 0 aromatic carbocycles. The summed E-state index contributed by atoms with van der Waals surface area (Å²) in [6.07, 6.45) is 5.00. The molecule has 0 spiro atoms. The zero-order chi connectivity index (χ0) is 12.3. The number of nitrogens with one attached hydrogen (secondary N) is 1. The third-order valence-corrected chi connectivity index (χ3v) is 3.58. The van der Waals surface area contributed by atoms with Crippen LogP contribution in [0.2, 0.25) is 0 Å². The summed E-state index contributed by atoms with van der Waals surface area (Å²) in [5.74, 6) is 0.519. The normalized spacial score (nSPS) is 18.2. The van der Waals surface area contributed by atoms with Crippen molar-refractivity contribution in [1.82, 2.24) is 15.4 Å². The van der Waals surface area contributed by atoms with Crippen molar-refractivity contribution >= 4 is 5.97 Å². The maximum atomic E-state index is 11.7. The zero-order valence-corrected chi connectivity index (χ0v) is 10.4. The van der Waals surface area contributed by atoms with Gasteiger partial charge in [0.05, 0.1) is 6.61 Å². The molecule has 0 saturated heterocycles. The fraction of sp³-hybridized carbons (Fsp3) is 0.750. The van der Waals surface area contributed by atoms with E-state index in [0.29, 0.717) is 18.2 Å². The van der Waals surface area contributed by atoms with Gasteiger partial charge in [0.25, 0.3) is 0 Å². The van der Waals surface area contributed by atoms with Crippen molar-refractivity contribution in [2.45, 2.75) is 45.4 Å². The SMILES string of the molecule is CCOC(=O)c1n[nH]nc1C(C)C1CCCC1. The van der Waals surface area contributed by atoms with Gasteiger partial charge in [-0.05, 0) is 25.7 Å². The molecule has 1 unspecified atom stereocenters. The number of carbonyl (C=O) groups excluding carboxylic acids is 1. The molecule has 1 aliphatic carbocycles. The lowest BCUT2D eigenvalue weighted by Gasteiger charge is -2.16. The molecular formula is C12H19N3O2. The van der Waals surface area contributed by atoms with E-state index in [1.165, 1.54) is 25.7 Å². The Morgan fingerprint density at radius 3 is 2.82 bits per heavy atom. The molecule has 1 aliphatic rings. The van der Waals surface area contributed by atoms with Crippen molar-refractivity contribution in [3.8, 4) is 0 Å². The molecule has 17 heavy (non-hydrogen) atoms. The minimum atomic E-state index is -0.374. The van der Waals surface area contributed by atoms with E-state index in [4.69, 9.17) is 4.74 Å². The predicted molar refractivity (Wildman–Crippen MR) is 62.7 cm³/mol. The van der Waals surface area contributed by atoms with Gasteiger partial charge < -0.3 is 4.74 Å². The molecular weight excluding hydrogens is 218 g/mol. The first-order valence-electron chi connectivity index (χ1n) is 6.31. The Labute approximate surface area is 101 Å². The van der Waals surface area contributed by atoms with E-state index in [-0.39, 0.29) is 11.9 Å². The largest absolute Gasteiger partial charge is 0.461 e. The third-order valence-electron chi connectivity index (χ3n) is 3.58. The number of esters is 1. The third kappa shape index (κ3) is 2.48. The fourth-order valence-corrected chi connectivity index (χ4v) is 2.59. The highest BCUT2D eigenvalue weighted by Crippen LogP contribution is 2.36. The molecule has 0 aliphatic heterocycles. The van der Waals surface area contributed by atoms with Crippen LogP contribution in [0.15, 0.2) is 0 Å². The summed E-state index contributed by atoms with van der Waals surface area (Å²) < 4.78 is 4.98. The number of hydrogen-bond acceptors (Lipinski definition) is 4. The van der Waals surface area contributed by atoms with Crippen LogP contribution in [0.5, 0.6) is 0 Å². The number of rotatable bonds is 4. The first-order chi connectivity index (χ1) is 8.24. The summed E-state index contributed by atoms with van der Waals surface area (Å²) >= 11 is 0. The molecule has 0 amide bonds. The van der Waals surface area contributed by atoms with Crippen molar-refractivity contribution in [3.63, 3.8) is 0 Å². The molecule has 1 atom stereocenters. The van der Waals surface area contributed by atoms with Gasteiger partial charge in [0.2, 0.25) is 0 Å². The average molecular weight is 237 g/mol. The Hall–Kier alpha value is -1.39. The van der Waals surface area contributed by atoms with E-state index < -0.39 is 0 Å². The first kappa shape index (κ1) is 12.1. The number of aromatic nitrogens is 3. The Bertz CT molecular complexity index is 383. The van der Waals surface area contributed by atoms with Crippen molar-refractivity contribution < 1.29 is 9.53 Å². The molecule has 0 bridgehead atoms. The van der Waals surface area contributed by atoms with E-state index in [2.05, 4.69) is 22.3 Å². The van der Waals surface area contributed by atoms with E-state index >= 15 is 0 Å². The maximum Gasteiger partial charge on any atom is 0.360 e. The van der Waals surface area contributed by atoms with Crippen molar-refractivity contribution in [1.29, 1.82) is 0 Å². The summed E-state index contributed by atoms with van der Waals surface area (Å²) in [6, 6.07) is 0. The van der Waals surface area contributed by atoms with Crippen LogP contribution < -0.4 is 0 Å². The maximum absolute atomic E-state index is 11.7. The molecule has 0 radical (unpaired) electrons. The minimum absolute atomic E-state index is 0.274. The van der Waals surface area contributed by atoms with Crippen molar-refractivity contribution in [2.75, 3.05) is 6.61 Å². The van der Waals surface area contributed by atoms with Gasteiger partial charge in [-0.15, -0.1) is 5.10 Å². The van der Waals surface area contributed by atoms with Gasteiger partial charge in [0.15, 0.2) is 5.69 Å². The molecule has 94 valence electrons. The van der Waals surface area contributed by atoms with Gasteiger partial charge in [0.1, 0.15) is 5.69 Å². The molecule has 1 aromatic rings. The smallest absolute Gasteiger partial charge is 0.360 e. The van der Waals surface area contributed by atoms with Gasteiger partial charge in [0, 0.05) is 5.92 Å². The second-order valence-electron chi connectivity index (χ2n) is 4.61. The molecule has 2 rings (SSSR count). The van der Waals surface area contributed by atoms with Crippen molar-refractivity contribution in [3.05, 3.63) is 11.4 Å². The lowest BCUT2D eigenvalue weighted by atomic mass is 9.89. The van der Waals surface area contributed by atoms with Crippen LogP contribution in [0, 0.1) is 5.92 Å². The van der Waals surface area contributed by atoms with Crippen molar-refractivity contribution in [2.24, 2.45) is 5.92 Å². The van der Waals surface area contributed by atoms with Crippen LogP contribution in [0.1, 0.15) is 61.6 Å². The van der Waals surface area contributed by atoms with Crippen LogP contribution in [0.3, 0.4) is 0 Å². The van der Waals surface area contributed by atoms with Gasteiger partial charge in [-0.2, -0.15) is 10.3 Å². The van der Waals surface area contributed by atoms with E-state index in [0.717, 1.165) is 5.69 Å². The monoisotopic (exact) mass is 237 g/mol. The van der Waals surface area contributed by atoms with E-state index in [1.54, 1.807) is 6.92 Å². The molecule has 5 nitrogen and oxygen atoms in total. The van der Waals surface area contributed by atoms with Crippen LogP contribution in [0.25, 0.3) is 0 Å². The molecule has 1 heterocycles. The van der Waals surface area contributed by atoms with Crippen LogP contribution in [-0.2, 0) is 4.74 Å². The van der Waals surface area contributed by atoms with Gasteiger partial charge >= 0.3 is 5.97 Å². The number of aromatic amines is 1. The summed E-state index contributed by atoms with van der Waals surface area (Å²) in [4.78, 5) is 11.7. The fourth-order valence-electron chi connectivity index (χ4n) is 2.59. The van der Waals surface area contributed by atoms with Gasteiger partial charge in [-0.3, -0.25) is 0 Å². The number of carbonyl (C=O) groups is 1. The van der Waals surface area contributed by atoms with Gasteiger partial charge in [-0.25, -0.2) is 4.79 Å². The Balaban J connectivity index is 2.14. The van der Waals surface area contributed by atoms with E-state index in [1.807, 2.05) is 0 Å².